The monoisotopic (exact) mass is 431 g/mol. The van der Waals surface area contributed by atoms with Crippen molar-refractivity contribution in [1.82, 2.24) is 4.90 Å². The topological polar surface area (TPSA) is 97.0 Å². The molecule has 1 aromatic heterocycles. The molecule has 3 aromatic rings. The second kappa shape index (κ2) is 8.55. The Morgan fingerprint density at radius 1 is 1.03 bits per heavy atom. The van der Waals surface area contributed by atoms with Gasteiger partial charge in [0.15, 0.2) is 0 Å². The van der Waals surface area contributed by atoms with E-state index in [-0.39, 0.29) is 17.9 Å². The first kappa shape index (κ1) is 21.1. The van der Waals surface area contributed by atoms with E-state index in [9.17, 15) is 19.5 Å². The lowest BCUT2D eigenvalue weighted by molar-refractivity contribution is -0.140. The minimum atomic E-state index is -0.854. The second-order valence-electron chi connectivity index (χ2n) is 7.49. The number of esters is 1. The quantitative estimate of drug-likeness (QED) is 0.284. The van der Waals surface area contributed by atoms with Gasteiger partial charge in [-0.3, -0.25) is 9.59 Å². The van der Waals surface area contributed by atoms with Gasteiger partial charge in [-0.1, -0.05) is 42.0 Å². The molecule has 0 radical (unpaired) electrons. The molecule has 32 heavy (non-hydrogen) atoms. The van der Waals surface area contributed by atoms with E-state index in [2.05, 4.69) is 0 Å². The van der Waals surface area contributed by atoms with Crippen LogP contribution in [0.1, 0.15) is 38.9 Å². The molecule has 2 aromatic carbocycles. The molecule has 1 fully saturated rings. The average Bonchev–Trinajstić information content (AvgIpc) is 3.41. The number of hydrogen-bond acceptors (Lipinski definition) is 6. The lowest BCUT2D eigenvalue weighted by Crippen LogP contribution is -2.29. The van der Waals surface area contributed by atoms with E-state index in [1.54, 1.807) is 48.5 Å². The molecule has 0 aliphatic carbocycles. The normalized spacial score (nSPS) is 17.6. The third-order valence-corrected chi connectivity index (χ3v) is 5.42. The molecule has 1 amide bonds. The summed E-state index contributed by atoms with van der Waals surface area (Å²) < 4.78 is 10.1. The number of aliphatic hydroxyl groups is 1. The lowest BCUT2D eigenvalue weighted by atomic mass is 9.94. The zero-order chi connectivity index (χ0) is 22.8. The van der Waals surface area contributed by atoms with Crippen LogP contribution in [0.4, 0.5) is 0 Å². The summed E-state index contributed by atoms with van der Waals surface area (Å²) in [7, 11) is 1.29. The van der Waals surface area contributed by atoms with Crippen LogP contribution in [-0.2, 0) is 20.9 Å². The minimum Gasteiger partial charge on any atom is -0.507 e. The number of hydrogen-bond donors (Lipinski definition) is 1. The first-order valence-electron chi connectivity index (χ1n) is 9.97. The second-order valence-corrected chi connectivity index (χ2v) is 7.49. The highest BCUT2D eigenvalue weighted by Crippen LogP contribution is 2.40. The zero-order valence-electron chi connectivity index (χ0n) is 17.6. The van der Waals surface area contributed by atoms with Crippen LogP contribution >= 0.6 is 0 Å². The molecule has 1 unspecified atom stereocenters. The van der Waals surface area contributed by atoms with Gasteiger partial charge in [0.05, 0.1) is 37.1 Å². The van der Waals surface area contributed by atoms with Crippen LogP contribution in [0.3, 0.4) is 0 Å². The molecule has 0 bridgehead atoms. The van der Waals surface area contributed by atoms with Gasteiger partial charge in [-0.25, -0.2) is 4.79 Å². The molecule has 7 nitrogen and oxygen atoms in total. The largest absolute Gasteiger partial charge is 0.507 e. The zero-order valence-corrected chi connectivity index (χ0v) is 17.6. The Hall–Kier alpha value is -4.13. The molecule has 162 valence electrons. The third kappa shape index (κ3) is 3.80. The van der Waals surface area contributed by atoms with E-state index in [0.29, 0.717) is 22.5 Å². The fourth-order valence-corrected chi connectivity index (χ4v) is 3.75. The number of aryl methyl sites for hydroxylation is 1. The van der Waals surface area contributed by atoms with Gasteiger partial charge in [-0.2, -0.15) is 0 Å². The predicted molar refractivity (Wildman–Crippen MR) is 116 cm³/mol. The van der Waals surface area contributed by atoms with Crippen molar-refractivity contribution in [3.63, 3.8) is 0 Å². The number of likely N-dealkylation sites (tertiary alicyclic amines) is 1. The summed E-state index contributed by atoms with van der Waals surface area (Å²) in [4.78, 5) is 39.1. The van der Waals surface area contributed by atoms with E-state index < -0.39 is 23.7 Å². The summed E-state index contributed by atoms with van der Waals surface area (Å²) in [6.45, 7) is 1.96. The number of Topliss-reactive ketones (excluding diaryl/α,β-unsaturated/α-hetero) is 1. The maximum atomic E-state index is 13.0. The first-order valence-corrected chi connectivity index (χ1v) is 9.97. The number of methoxy groups -OCH3 is 1. The Morgan fingerprint density at radius 3 is 2.28 bits per heavy atom. The van der Waals surface area contributed by atoms with Crippen molar-refractivity contribution in [2.45, 2.75) is 19.5 Å². The van der Waals surface area contributed by atoms with Gasteiger partial charge in [0.1, 0.15) is 11.5 Å². The fourth-order valence-electron chi connectivity index (χ4n) is 3.75. The van der Waals surface area contributed by atoms with Crippen molar-refractivity contribution >= 4 is 23.4 Å². The molecular formula is C25H21NO6. The van der Waals surface area contributed by atoms with Crippen LogP contribution in [0, 0.1) is 6.92 Å². The van der Waals surface area contributed by atoms with Crippen LogP contribution in [0.2, 0.25) is 0 Å². The SMILES string of the molecule is COC(=O)c1ccc(C2C(=C(O)c3ccc(C)cc3)C(=O)C(=O)N2Cc2ccco2)cc1. The molecule has 1 saturated heterocycles. The van der Waals surface area contributed by atoms with E-state index in [1.165, 1.54) is 18.3 Å². The molecule has 0 saturated carbocycles. The molecule has 0 spiro atoms. The first-order chi connectivity index (χ1) is 15.4. The molecule has 7 heteroatoms. The highest BCUT2D eigenvalue weighted by atomic mass is 16.5. The summed E-state index contributed by atoms with van der Waals surface area (Å²) in [5.74, 6) is -1.78. The summed E-state index contributed by atoms with van der Waals surface area (Å²) >= 11 is 0. The number of carbonyl (C=O) groups excluding carboxylic acids is 3. The van der Waals surface area contributed by atoms with Crippen LogP contribution in [0.5, 0.6) is 0 Å². The van der Waals surface area contributed by atoms with E-state index >= 15 is 0 Å². The maximum Gasteiger partial charge on any atom is 0.337 e. The lowest BCUT2D eigenvalue weighted by Gasteiger charge is -2.24. The molecule has 4 rings (SSSR count). The van der Waals surface area contributed by atoms with Crippen molar-refractivity contribution in [2.24, 2.45) is 0 Å². The minimum absolute atomic E-state index is 0.0174. The number of furan rings is 1. The van der Waals surface area contributed by atoms with Gasteiger partial charge >= 0.3 is 5.97 Å². The summed E-state index contributed by atoms with van der Waals surface area (Å²) in [5, 5.41) is 11.0. The van der Waals surface area contributed by atoms with E-state index in [4.69, 9.17) is 9.15 Å². The number of aliphatic hydroxyl groups excluding tert-OH is 1. The van der Waals surface area contributed by atoms with Crippen molar-refractivity contribution in [3.05, 3.63) is 101 Å². The van der Waals surface area contributed by atoms with Crippen molar-refractivity contribution in [1.29, 1.82) is 0 Å². The number of ketones is 1. The number of nitrogens with zero attached hydrogens (tertiary/aromatic N) is 1. The summed E-state index contributed by atoms with van der Waals surface area (Å²) in [6.07, 6.45) is 1.48. The molecule has 1 aliphatic heterocycles. The Labute approximate surface area is 184 Å². The average molecular weight is 431 g/mol. The van der Waals surface area contributed by atoms with Gasteiger partial charge < -0.3 is 19.2 Å². The number of amides is 1. The van der Waals surface area contributed by atoms with Crippen LogP contribution in [0.25, 0.3) is 5.76 Å². The fraction of sp³-hybridized carbons (Fsp3) is 0.160. The summed E-state index contributed by atoms with van der Waals surface area (Å²) in [5.41, 5.74) is 2.31. The molecule has 1 atom stereocenters. The Kier molecular flexibility index (Phi) is 5.64. The number of benzene rings is 2. The van der Waals surface area contributed by atoms with Gasteiger partial charge in [-0.05, 0) is 36.8 Å². The van der Waals surface area contributed by atoms with Crippen molar-refractivity contribution < 1.29 is 28.6 Å². The van der Waals surface area contributed by atoms with E-state index in [0.717, 1.165) is 5.56 Å². The molecule has 2 heterocycles. The van der Waals surface area contributed by atoms with Gasteiger partial charge in [0.25, 0.3) is 11.7 Å². The maximum absolute atomic E-state index is 13.0. The van der Waals surface area contributed by atoms with Crippen LogP contribution in [0.15, 0.2) is 76.9 Å². The number of rotatable bonds is 5. The standard InChI is InChI=1S/C25H21NO6/c1-15-5-7-17(8-6-15)22(27)20-21(16-9-11-18(12-10-16)25(30)31-2)26(24(29)23(20)28)14-19-4-3-13-32-19/h3-13,21,27H,14H2,1-2H3. The third-order valence-electron chi connectivity index (χ3n) is 5.42. The van der Waals surface area contributed by atoms with E-state index in [1.807, 2.05) is 19.1 Å². The Balaban J connectivity index is 1.84. The predicted octanol–water partition coefficient (Wildman–Crippen LogP) is 4.00. The highest BCUT2D eigenvalue weighted by molar-refractivity contribution is 6.46. The smallest absolute Gasteiger partial charge is 0.337 e. The van der Waals surface area contributed by atoms with Gasteiger partial charge in [0.2, 0.25) is 0 Å². The Morgan fingerprint density at radius 2 is 1.69 bits per heavy atom. The number of ether oxygens (including phenoxy) is 1. The highest BCUT2D eigenvalue weighted by Gasteiger charge is 2.46. The van der Waals surface area contributed by atoms with Crippen LogP contribution < -0.4 is 0 Å². The molecule has 1 aliphatic rings. The van der Waals surface area contributed by atoms with Crippen molar-refractivity contribution in [2.75, 3.05) is 7.11 Å². The molecule has 1 N–H and O–H groups in total. The van der Waals surface area contributed by atoms with Crippen molar-refractivity contribution in [3.8, 4) is 0 Å². The summed E-state index contributed by atoms with van der Waals surface area (Å²) in [6, 6.07) is 16.0. The number of carbonyl (C=O) groups is 3. The van der Waals surface area contributed by atoms with Gasteiger partial charge in [0, 0.05) is 5.56 Å². The molecular weight excluding hydrogens is 410 g/mol. The van der Waals surface area contributed by atoms with Crippen LogP contribution in [-0.4, -0.2) is 34.8 Å². The van der Waals surface area contributed by atoms with Gasteiger partial charge in [-0.15, -0.1) is 0 Å². The Bertz CT molecular complexity index is 1190.